The molecule has 1 unspecified atom stereocenters. The Balaban J connectivity index is 2.25. The van der Waals surface area contributed by atoms with E-state index in [2.05, 4.69) is 70.2 Å². The largest absolute Gasteiger partial charge is 0.478 e. The standard InChI is InChI=1S/C24H32O2/c1-6-24(14-18(5)23(25)26)20(19-10-8-7-9-11-19)13-16(3)21-15(2)12-17(4)22(21)24/h7-11,13-15,17,20-22H,6,12H2,1-5H3,(H,25,26)/b18-14+/t15-,17?,20+,21+,22-,24+/m1/s1. The molecule has 2 aliphatic carbocycles. The Morgan fingerprint density at radius 2 is 1.88 bits per heavy atom. The molecule has 0 amide bonds. The molecule has 3 rings (SSSR count). The number of benzene rings is 1. The average molecular weight is 353 g/mol. The summed E-state index contributed by atoms with van der Waals surface area (Å²) in [6.45, 7) is 11.0. The molecule has 26 heavy (non-hydrogen) atoms. The average Bonchev–Trinajstić information content (AvgIpc) is 2.93. The maximum absolute atomic E-state index is 11.7. The molecule has 0 radical (unpaired) electrons. The lowest BCUT2D eigenvalue weighted by molar-refractivity contribution is -0.132. The number of fused-ring (bicyclic) bond motifs is 1. The molecule has 0 spiro atoms. The van der Waals surface area contributed by atoms with Gasteiger partial charge in [0.25, 0.3) is 0 Å². The van der Waals surface area contributed by atoms with Gasteiger partial charge in [0.15, 0.2) is 0 Å². The fourth-order valence-electron chi connectivity index (χ4n) is 6.20. The highest BCUT2D eigenvalue weighted by atomic mass is 16.4. The third-order valence-electron chi connectivity index (χ3n) is 7.11. The van der Waals surface area contributed by atoms with E-state index in [0.29, 0.717) is 29.2 Å². The maximum Gasteiger partial charge on any atom is 0.330 e. The minimum Gasteiger partial charge on any atom is -0.478 e. The van der Waals surface area contributed by atoms with Gasteiger partial charge in [-0.15, -0.1) is 0 Å². The van der Waals surface area contributed by atoms with Crippen LogP contribution in [0.25, 0.3) is 0 Å². The minimum absolute atomic E-state index is 0.141. The van der Waals surface area contributed by atoms with Gasteiger partial charge in [0.05, 0.1) is 0 Å². The van der Waals surface area contributed by atoms with Gasteiger partial charge in [-0.3, -0.25) is 0 Å². The second-order valence-electron chi connectivity index (χ2n) is 8.64. The first-order valence-corrected chi connectivity index (χ1v) is 9.97. The van der Waals surface area contributed by atoms with Gasteiger partial charge in [0.1, 0.15) is 0 Å². The van der Waals surface area contributed by atoms with E-state index >= 15 is 0 Å². The van der Waals surface area contributed by atoms with Crippen LogP contribution >= 0.6 is 0 Å². The monoisotopic (exact) mass is 352 g/mol. The van der Waals surface area contributed by atoms with Crippen LogP contribution in [0.5, 0.6) is 0 Å². The van der Waals surface area contributed by atoms with Gasteiger partial charge in [0, 0.05) is 16.9 Å². The van der Waals surface area contributed by atoms with Crippen LogP contribution in [0.3, 0.4) is 0 Å². The zero-order valence-electron chi connectivity index (χ0n) is 16.7. The van der Waals surface area contributed by atoms with Gasteiger partial charge in [-0.05, 0) is 55.9 Å². The lowest BCUT2D eigenvalue weighted by atomic mass is 9.53. The van der Waals surface area contributed by atoms with Crippen LogP contribution in [0.1, 0.15) is 58.9 Å². The normalized spacial score (nSPS) is 37.2. The van der Waals surface area contributed by atoms with E-state index in [1.54, 1.807) is 6.92 Å². The predicted octanol–water partition coefficient (Wildman–Crippen LogP) is 6.07. The van der Waals surface area contributed by atoms with Gasteiger partial charge >= 0.3 is 5.97 Å². The number of rotatable bonds is 4. The van der Waals surface area contributed by atoms with Crippen molar-refractivity contribution in [1.29, 1.82) is 0 Å². The third kappa shape index (κ3) is 2.94. The fraction of sp³-hybridized carbons (Fsp3) is 0.542. The summed E-state index contributed by atoms with van der Waals surface area (Å²) in [7, 11) is 0. The molecule has 0 aromatic heterocycles. The molecular formula is C24H32O2. The Morgan fingerprint density at radius 1 is 1.23 bits per heavy atom. The number of aliphatic carboxylic acids is 1. The molecule has 2 aliphatic rings. The number of hydrogen-bond acceptors (Lipinski definition) is 1. The van der Waals surface area contributed by atoms with E-state index in [1.165, 1.54) is 17.6 Å². The molecular weight excluding hydrogens is 320 g/mol. The number of carboxylic acid groups (broad SMARTS) is 1. The van der Waals surface area contributed by atoms with E-state index in [0.717, 1.165) is 6.42 Å². The van der Waals surface area contributed by atoms with Crippen LogP contribution in [-0.2, 0) is 4.79 Å². The highest BCUT2D eigenvalue weighted by molar-refractivity contribution is 5.86. The summed E-state index contributed by atoms with van der Waals surface area (Å²) in [5.74, 6) is 1.74. The lowest BCUT2D eigenvalue weighted by Gasteiger charge is -2.51. The lowest BCUT2D eigenvalue weighted by Crippen LogP contribution is -2.43. The molecule has 1 N–H and O–H groups in total. The predicted molar refractivity (Wildman–Crippen MR) is 107 cm³/mol. The van der Waals surface area contributed by atoms with E-state index in [4.69, 9.17) is 0 Å². The van der Waals surface area contributed by atoms with Crippen molar-refractivity contribution in [2.24, 2.45) is 29.1 Å². The molecule has 1 aromatic rings. The molecule has 6 atom stereocenters. The van der Waals surface area contributed by atoms with E-state index in [-0.39, 0.29) is 11.3 Å². The van der Waals surface area contributed by atoms with Crippen LogP contribution in [0.4, 0.5) is 0 Å². The van der Waals surface area contributed by atoms with Crippen molar-refractivity contribution in [3.8, 4) is 0 Å². The van der Waals surface area contributed by atoms with E-state index in [1.807, 2.05) is 0 Å². The van der Waals surface area contributed by atoms with Crippen molar-refractivity contribution >= 4 is 5.97 Å². The number of carboxylic acids is 1. The number of allylic oxidation sites excluding steroid dienone is 3. The first kappa shape index (κ1) is 18.9. The van der Waals surface area contributed by atoms with Crippen molar-refractivity contribution in [3.05, 3.63) is 59.2 Å². The SMILES string of the molecule is CC[C@@]1(/C=C(\C)C(=O)O)[C@@H]2C(C)C[C@@H](C)[C@H]2C(C)=C[C@H]1c1ccccc1. The van der Waals surface area contributed by atoms with E-state index in [9.17, 15) is 9.90 Å². The summed E-state index contributed by atoms with van der Waals surface area (Å²) in [6.07, 6.45) is 6.74. The molecule has 0 bridgehead atoms. The van der Waals surface area contributed by atoms with Crippen LogP contribution in [0, 0.1) is 29.1 Å². The van der Waals surface area contributed by atoms with Crippen molar-refractivity contribution in [2.45, 2.75) is 53.4 Å². The Labute approximate surface area is 158 Å². The summed E-state index contributed by atoms with van der Waals surface area (Å²) in [5, 5.41) is 9.61. The number of carbonyl (C=O) groups is 1. The zero-order valence-corrected chi connectivity index (χ0v) is 16.7. The summed E-state index contributed by atoms with van der Waals surface area (Å²) < 4.78 is 0. The van der Waals surface area contributed by atoms with Crippen LogP contribution in [-0.4, -0.2) is 11.1 Å². The van der Waals surface area contributed by atoms with Crippen LogP contribution < -0.4 is 0 Å². The summed E-state index contributed by atoms with van der Waals surface area (Å²) in [4.78, 5) is 11.7. The quantitative estimate of drug-likeness (QED) is 0.528. The summed E-state index contributed by atoms with van der Waals surface area (Å²) >= 11 is 0. The van der Waals surface area contributed by atoms with Gasteiger partial charge in [-0.25, -0.2) is 4.79 Å². The van der Waals surface area contributed by atoms with Gasteiger partial charge in [-0.1, -0.05) is 68.8 Å². The smallest absolute Gasteiger partial charge is 0.330 e. The molecule has 140 valence electrons. The molecule has 1 saturated carbocycles. The molecule has 1 fully saturated rings. The highest BCUT2D eigenvalue weighted by Crippen LogP contribution is 2.63. The maximum atomic E-state index is 11.7. The first-order valence-electron chi connectivity index (χ1n) is 9.97. The summed E-state index contributed by atoms with van der Waals surface area (Å²) in [5.41, 5.74) is 3.13. The van der Waals surface area contributed by atoms with Gasteiger partial charge < -0.3 is 5.11 Å². The Morgan fingerprint density at radius 3 is 2.46 bits per heavy atom. The highest BCUT2D eigenvalue weighted by Gasteiger charge is 2.55. The third-order valence-corrected chi connectivity index (χ3v) is 7.11. The molecule has 0 heterocycles. The van der Waals surface area contributed by atoms with Gasteiger partial charge in [-0.2, -0.15) is 0 Å². The van der Waals surface area contributed by atoms with Crippen LogP contribution in [0.2, 0.25) is 0 Å². The molecule has 2 nitrogen and oxygen atoms in total. The molecule has 0 aliphatic heterocycles. The second kappa shape index (κ2) is 7.06. The minimum atomic E-state index is -0.800. The first-order chi connectivity index (χ1) is 12.3. The van der Waals surface area contributed by atoms with Crippen molar-refractivity contribution in [2.75, 3.05) is 0 Å². The number of hydrogen-bond donors (Lipinski definition) is 1. The fourth-order valence-corrected chi connectivity index (χ4v) is 6.20. The summed E-state index contributed by atoms with van der Waals surface area (Å²) in [6, 6.07) is 10.6. The van der Waals surface area contributed by atoms with Crippen molar-refractivity contribution in [3.63, 3.8) is 0 Å². The topological polar surface area (TPSA) is 37.3 Å². The van der Waals surface area contributed by atoms with Crippen molar-refractivity contribution < 1.29 is 9.90 Å². The van der Waals surface area contributed by atoms with Gasteiger partial charge in [0.2, 0.25) is 0 Å². The second-order valence-corrected chi connectivity index (χ2v) is 8.64. The van der Waals surface area contributed by atoms with Crippen LogP contribution in [0.15, 0.2) is 53.6 Å². The zero-order chi connectivity index (χ0) is 19.1. The van der Waals surface area contributed by atoms with Crippen molar-refractivity contribution in [1.82, 2.24) is 0 Å². The molecule has 0 saturated heterocycles. The molecule has 1 aromatic carbocycles. The molecule has 2 heteroatoms. The van der Waals surface area contributed by atoms with E-state index < -0.39 is 5.97 Å². The Hall–Kier alpha value is -1.83. The Kier molecular flexibility index (Phi) is 5.14. The Bertz CT molecular complexity index is 730.